The van der Waals surface area contributed by atoms with E-state index in [2.05, 4.69) is 0 Å². The molecule has 2 aromatic rings. The van der Waals surface area contributed by atoms with E-state index < -0.39 is 10.0 Å². The molecule has 118 valence electrons. The number of sulfonamides is 1. The zero-order chi connectivity index (χ0) is 16.3. The normalized spacial score (nSPS) is 11.7. The lowest BCUT2D eigenvalue weighted by Gasteiger charge is -2.28. The van der Waals surface area contributed by atoms with Gasteiger partial charge in [0.05, 0.1) is 11.4 Å². The van der Waals surface area contributed by atoms with Crippen molar-refractivity contribution in [2.24, 2.45) is 0 Å². The second-order valence-electron chi connectivity index (χ2n) is 5.97. The number of anilines is 1. The fraction of sp³-hybridized carbons (Fsp3) is 0.333. The average Bonchev–Trinajstić information content (AvgIpc) is 2.40. The molecule has 0 saturated carbocycles. The van der Waals surface area contributed by atoms with Gasteiger partial charge in [-0.3, -0.25) is 4.31 Å². The van der Waals surface area contributed by atoms with Crippen molar-refractivity contribution in [1.82, 2.24) is 0 Å². The van der Waals surface area contributed by atoms with E-state index in [1.54, 1.807) is 0 Å². The van der Waals surface area contributed by atoms with Crippen molar-refractivity contribution in [1.29, 1.82) is 0 Å². The summed E-state index contributed by atoms with van der Waals surface area (Å²) in [5.41, 5.74) is 3.72. The molecule has 0 atom stereocenters. The van der Waals surface area contributed by atoms with Crippen LogP contribution in [0.1, 0.15) is 30.5 Å². The molecule has 0 aliphatic heterocycles. The minimum atomic E-state index is -3.42. The molecule has 2 aromatic carbocycles. The first kappa shape index (κ1) is 16.6. The summed E-state index contributed by atoms with van der Waals surface area (Å²) in [7, 11) is -3.42. The van der Waals surface area contributed by atoms with Crippen LogP contribution in [-0.4, -0.2) is 14.5 Å². The number of benzene rings is 2. The van der Waals surface area contributed by atoms with Gasteiger partial charge in [-0.2, -0.15) is 0 Å². The zero-order valence-electron chi connectivity index (χ0n) is 13.6. The second kappa shape index (κ2) is 6.53. The Morgan fingerprint density at radius 3 is 2.14 bits per heavy atom. The van der Waals surface area contributed by atoms with Crippen molar-refractivity contribution < 1.29 is 8.42 Å². The summed E-state index contributed by atoms with van der Waals surface area (Å²) in [5, 5.41) is 0. The molecule has 0 N–H and O–H groups in total. The van der Waals surface area contributed by atoms with Crippen LogP contribution in [0.5, 0.6) is 0 Å². The number of hydrogen-bond acceptors (Lipinski definition) is 2. The molecule has 0 unspecified atom stereocenters. The topological polar surface area (TPSA) is 37.4 Å². The van der Waals surface area contributed by atoms with Gasteiger partial charge in [-0.1, -0.05) is 47.5 Å². The smallest absolute Gasteiger partial charge is 0.239 e. The Morgan fingerprint density at radius 1 is 0.955 bits per heavy atom. The van der Waals surface area contributed by atoms with Crippen LogP contribution in [-0.2, 0) is 15.8 Å². The predicted molar refractivity (Wildman–Crippen MR) is 92.6 cm³/mol. The van der Waals surface area contributed by atoms with Gasteiger partial charge < -0.3 is 0 Å². The van der Waals surface area contributed by atoms with E-state index >= 15 is 0 Å². The van der Waals surface area contributed by atoms with Crippen molar-refractivity contribution in [3.63, 3.8) is 0 Å². The van der Waals surface area contributed by atoms with Gasteiger partial charge in [-0.15, -0.1) is 0 Å². The molecular weight excluding hydrogens is 294 g/mol. The fourth-order valence-corrected chi connectivity index (χ4v) is 4.38. The predicted octanol–water partition coefficient (Wildman–Crippen LogP) is 4.05. The first-order valence-electron chi connectivity index (χ1n) is 7.44. The lowest BCUT2D eigenvalue weighted by atomic mass is 10.2. The van der Waals surface area contributed by atoms with E-state index in [0.717, 1.165) is 16.7 Å². The van der Waals surface area contributed by atoms with Crippen LogP contribution in [0.4, 0.5) is 5.69 Å². The highest BCUT2D eigenvalue weighted by Crippen LogP contribution is 2.24. The molecule has 0 saturated heterocycles. The monoisotopic (exact) mass is 317 g/mol. The van der Waals surface area contributed by atoms with Crippen LogP contribution in [0.25, 0.3) is 0 Å². The quantitative estimate of drug-likeness (QED) is 0.834. The van der Waals surface area contributed by atoms with Gasteiger partial charge in [-0.25, -0.2) is 8.42 Å². The first-order valence-corrected chi connectivity index (χ1v) is 9.05. The number of aryl methyl sites for hydroxylation is 2. The Morgan fingerprint density at radius 2 is 1.59 bits per heavy atom. The Hall–Kier alpha value is -1.81. The number of hydrogen-bond donors (Lipinski definition) is 0. The zero-order valence-corrected chi connectivity index (χ0v) is 14.4. The third-order valence-corrected chi connectivity index (χ3v) is 5.42. The molecule has 0 amide bonds. The van der Waals surface area contributed by atoms with Crippen LogP contribution < -0.4 is 4.31 Å². The summed E-state index contributed by atoms with van der Waals surface area (Å²) in [5.74, 6) is 0.0146. The largest absolute Gasteiger partial charge is 0.267 e. The van der Waals surface area contributed by atoms with Crippen molar-refractivity contribution in [2.75, 3.05) is 4.31 Å². The van der Waals surface area contributed by atoms with Crippen LogP contribution in [0.15, 0.2) is 48.5 Å². The van der Waals surface area contributed by atoms with Gasteiger partial charge in [0, 0.05) is 6.04 Å². The van der Waals surface area contributed by atoms with Gasteiger partial charge in [0.2, 0.25) is 10.0 Å². The maximum Gasteiger partial charge on any atom is 0.239 e. The van der Waals surface area contributed by atoms with E-state index in [4.69, 9.17) is 0 Å². The first-order chi connectivity index (χ1) is 10.3. The summed E-state index contributed by atoms with van der Waals surface area (Å²) < 4.78 is 27.2. The van der Waals surface area contributed by atoms with E-state index in [-0.39, 0.29) is 11.8 Å². The summed E-state index contributed by atoms with van der Waals surface area (Å²) in [6.07, 6.45) is 0. The highest BCUT2D eigenvalue weighted by Gasteiger charge is 2.25. The van der Waals surface area contributed by atoms with Crippen LogP contribution >= 0.6 is 0 Å². The molecule has 2 rings (SSSR count). The molecule has 0 heterocycles. The van der Waals surface area contributed by atoms with Crippen molar-refractivity contribution >= 4 is 15.7 Å². The molecule has 3 nitrogen and oxygen atoms in total. The van der Waals surface area contributed by atoms with Crippen LogP contribution in [0.2, 0.25) is 0 Å². The average molecular weight is 317 g/mol. The minimum absolute atomic E-state index is 0.0146. The number of nitrogens with zero attached hydrogens (tertiary/aromatic N) is 1. The Labute approximate surface area is 133 Å². The van der Waals surface area contributed by atoms with E-state index in [1.165, 1.54) is 4.31 Å². The highest BCUT2D eigenvalue weighted by atomic mass is 32.2. The molecule has 0 spiro atoms. The second-order valence-corrected chi connectivity index (χ2v) is 7.82. The van der Waals surface area contributed by atoms with Crippen molar-refractivity contribution in [3.05, 3.63) is 65.2 Å². The third kappa shape index (κ3) is 3.89. The van der Waals surface area contributed by atoms with Crippen LogP contribution in [0, 0.1) is 13.8 Å². The standard InChI is InChI=1S/C18H23NO2S/c1-14(2)19(18-10-8-15(3)9-11-18)22(20,21)13-17-7-5-6-16(4)12-17/h5-12,14H,13H2,1-4H3. The maximum absolute atomic E-state index is 12.9. The fourth-order valence-electron chi connectivity index (χ4n) is 2.55. The molecule has 0 fully saturated rings. The van der Waals surface area contributed by atoms with Gasteiger partial charge in [0.1, 0.15) is 0 Å². The Kier molecular flexibility index (Phi) is 4.91. The maximum atomic E-state index is 12.9. The summed E-state index contributed by atoms with van der Waals surface area (Å²) in [6, 6.07) is 15.1. The minimum Gasteiger partial charge on any atom is -0.267 e. The molecular formula is C18H23NO2S. The van der Waals surface area contributed by atoms with Gasteiger partial charge in [0.25, 0.3) is 0 Å². The molecule has 0 radical (unpaired) electrons. The molecule has 22 heavy (non-hydrogen) atoms. The summed E-state index contributed by atoms with van der Waals surface area (Å²) >= 11 is 0. The van der Waals surface area contributed by atoms with Gasteiger partial charge in [-0.05, 0) is 45.4 Å². The Bertz CT molecular complexity index is 734. The molecule has 4 heteroatoms. The molecule has 0 aromatic heterocycles. The Balaban J connectivity index is 2.36. The van der Waals surface area contributed by atoms with Gasteiger partial charge >= 0.3 is 0 Å². The SMILES string of the molecule is Cc1ccc(N(C(C)C)S(=O)(=O)Cc2cccc(C)c2)cc1. The van der Waals surface area contributed by atoms with E-state index in [1.807, 2.05) is 76.2 Å². The van der Waals surface area contributed by atoms with Gasteiger partial charge in [0.15, 0.2) is 0 Å². The molecule has 0 bridgehead atoms. The van der Waals surface area contributed by atoms with Crippen LogP contribution in [0.3, 0.4) is 0 Å². The molecule has 0 aliphatic carbocycles. The summed E-state index contributed by atoms with van der Waals surface area (Å²) in [4.78, 5) is 0. The lowest BCUT2D eigenvalue weighted by molar-refractivity contribution is 0.583. The van der Waals surface area contributed by atoms with E-state index in [9.17, 15) is 8.42 Å². The highest BCUT2D eigenvalue weighted by molar-refractivity contribution is 7.92. The van der Waals surface area contributed by atoms with Crippen molar-refractivity contribution in [2.45, 2.75) is 39.5 Å². The lowest BCUT2D eigenvalue weighted by Crippen LogP contribution is -2.37. The van der Waals surface area contributed by atoms with Crippen molar-refractivity contribution in [3.8, 4) is 0 Å². The summed E-state index contributed by atoms with van der Waals surface area (Å²) in [6.45, 7) is 7.75. The van der Waals surface area contributed by atoms with E-state index in [0.29, 0.717) is 5.69 Å². The number of rotatable bonds is 5. The molecule has 0 aliphatic rings. The third-order valence-electron chi connectivity index (χ3n) is 3.49.